The number of fused-ring (bicyclic) bond motifs is 2. The molecule has 370 valence electrons. The van der Waals surface area contributed by atoms with Crippen LogP contribution in [0.15, 0.2) is 48.7 Å². The normalized spacial score (nSPS) is 22.1. The molecule has 5 fully saturated rings. The minimum Gasteiger partial charge on any atom is -0.508 e. The number of aliphatic hydroxyl groups is 1. The molecule has 2 atom stereocenters. The monoisotopic (exact) mass is 964 g/mol. The number of carbonyl (C=O) groups is 3. The number of benzene rings is 3. The fourth-order valence-corrected chi connectivity index (χ4v) is 10.6. The molecule has 4 N–H and O–H groups in total. The average Bonchev–Trinajstić information content (AvgIpc) is 4.11. The summed E-state index contributed by atoms with van der Waals surface area (Å²) >= 11 is 0. The van der Waals surface area contributed by atoms with E-state index in [4.69, 9.17) is 9.72 Å². The first-order chi connectivity index (χ1) is 33.6. The van der Waals surface area contributed by atoms with Crippen LogP contribution in [0.3, 0.4) is 0 Å². The molecule has 5 aliphatic rings. The number of phenolic OH excluding ortho intramolecular Hbond substituents is 1. The number of aromatic hydroxyl groups is 1. The second kappa shape index (κ2) is 19.1. The minimum atomic E-state index is -0.995. The largest absolute Gasteiger partial charge is 0.508 e. The van der Waals surface area contributed by atoms with Crippen molar-refractivity contribution in [1.82, 2.24) is 35.0 Å². The molecule has 4 saturated heterocycles. The van der Waals surface area contributed by atoms with Gasteiger partial charge in [0.1, 0.15) is 40.5 Å². The molecule has 1 unspecified atom stereocenters. The maximum Gasteiger partial charge on any atom is 0.319 e. The SMILES string of the molecule is CCc1c(F)ccc2cc(O)cc(-c3ncc4c(N5CCC[C@@](C)(O)C5)nc(OCC5(CN6CCN(C(=O)CN7CCN(c8ccc(NC9CCC(=O)NC9=O)cc8F)CC7)CC6)CC5)nc4c3F)c12. The zero-order valence-electron chi connectivity index (χ0n) is 39.6. The van der Waals surface area contributed by atoms with Crippen LogP contribution in [-0.4, -0.2) is 154 Å². The molecule has 1 aliphatic carbocycles. The lowest BCUT2D eigenvalue weighted by molar-refractivity contribution is -0.135. The number of amides is 3. The average molecular weight is 965 g/mol. The number of carbonyl (C=O) groups excluding carboxylic acids is 3. The molecule has 0 spiro atoms. The van der Waals surface area contributed by atoms with Crippen LogP contribution in [-0.2, 0) is 20.8 Å². The highest BCUT2D eigenvalue weighted by Gasteiger charge is 2.46. The number of anilines is 3. The van der Waals surface area contributed by atoms with Gasteiger partial charge in [-0.2, -0.15) is 9.97 Å². The molecule has 3 amide bonds. The third-order valence-electron chi connectivity index (χ3n) is 14.7. The van der Waals surface area contributed by atoms with Crippen LogP contribution in [0.4, 0.5) is 30.4 Å². The first-order valence-electron chi connectivity index (χ1n) is 24.4. The summed E-state index contributed by atoms with van der Waals surface area (Å²) in [6.45, 7) is 10.7. The third kappa shape index (κ3) is 9.87. The van der Waals surface area contributed by atoms with Crippen molar-refractivity contribution in [3.8, 4) is 23.0 Å². The number of piperazine rings is 2. The zero-order valence-corrected chi connectivity index (χ0v) is 39.6. The summed E-state index contributed by atoms with van der Waals surface area (Å²) in [5, 5.41) is 28.5. The number of halogens is 3. The van der Waals surface area contributed by atoms with Crippen LogP contribution >= 0.6 is 0 Å². The number of β-amino-alcohol motifs (C(OH)–C–C–N with tert-alkyl or cyclic N) is 1. The van der Waals surface area contributed by atoms with Gasteiger partial charge in [-0.1, -0.05) is 13.0 Å². The van der Waals surface area contributed by atoms with Crippen molar-refractivity contribution in [3.05, 3.63) is 71.7 Å². The molecule has 2 aromatic heterocycles. The summed E-state index contributed by atoms with van der Waals surface area (Å²) in [6.07, 6.45) is 5.55. The van der Waals surface area contributed by atoms with Gasteiger partial charge in [-0.3, -0.25) is 34.5 Å². The van der Waals surface area contributed by atoms with Crippen LogP contribution in [0.25, 0.3) is 32.9 Å². The Kier molecular flexibility index (Phi) is 12.9. The van der Waals surface area contributed by atoms with Gasteiger partial charge in [0.2, 0.25) is 17.7 Å². The Morgan fingerprint density at radius 3 is 2.40 bits per heavy atom. The smallest absolute Gasteiger partial charge is 0.319 e. The summed E-state index contributed by atoms with van der Waals surface area (Å²) in [7, 11) is 0. The second-order valence-electron chi connectivity index (χ2n) is 20.0. The molecule has 4 aliphatic heterocycles. The van der Waals surface area contributed by atoms with E-state index in [9.17, 15) is 24.6 Å². The topological polar surface area (TPSA) is 180 Å². The maximum atomic E-state index is 17.1. The summed E-state index contributed by atoms with van der Waals surface area (Å²) in [6, 6.07) is 10.0. The number of ether oxygens (including phenoxy) is 1. The summed E-state index contributed by atoms with van der Waals surface area (Å²) in [5.74, 6) is -1.98. The van der Waals surface area contributed by atoms with Crippen LogP contribution in [0.1, 0.15) is 57.9 Å². The van der Waals surface area contributed by atoms with Crippen LogP contribution in [0.5, 0.6) is 11.8 Å². The number of imide groups is 1. The number of nitrogens with one attached hydrogen (secondary N) is 2. The van der Waals surface area contributed by atoms with Crippen molar-refractivity contribution in [1.29, 1.82) is 0 Å². The number of phenols is 1. The lowest BCUT2D eigenvalue weighted by Crippen LogP contribution is -2.54. The van der Waals surface area contributed by atoms with Gasteiger partial charge in [-0.15, -0.1) is 0 Å². The van der Waals surface area contributed by atoms with Gasteiger partial charge in [0.05, 0.1) is 29.8 Å². The minimum absolute atomic E-state index is 0.00489. The molecule has 10 rings (SSSR count). The van der Waals surface area contributed by atoms with Gasteiger partial charge in [0, 0.05) is 101 Å². The Morgan fingerprint density at radius 2 is 1.69 bits per heavy atom. The quantitative estimate of drug-likeness (QED) is 0.113. The zero-order chi connectivity index (χ0) is 48.9. The molecule has 1 saturated carbocycles. The predicted molar refractivity (Wildman–Crippen MR) is 258 cm³/mol. The maximum absolute atomic E-state index is 17.1. The first kappa shape index (κ1) is 47.4. The highest BCUT2D eigenvalue weighted by Crippen LogP contribution is 2.47. The molecule has 19 heteroatoms. The number of piperidine rings is 2. The van der Waals surface area contributed by atoms with E-state index < -0.39 is 35.0 Å². The molecule has 16 nitrogen and oxygen atoms in total. The number of aromatic nitrogens is 3. The number of hydrogen-bond donors (Lipinski definition) is 4. The van der Waals surface area contributed by atoms with E-state index in [1.54, 1.807) is 25.1 Å². The van der Waals surface area contributed by atoms with E-state index >= 15 is 13.2 Å². The standard InChI is InChI=1S/C51H59F3N10O6/c1-3-34-37(52)7-5-31-23-33(65)25-35(43(31)34)45-44(54)46-36(26-55-45)47(64-14-4-11-50(2,69)28-64)59-49(58-46)70-30-51(12-13-51)29-61-17-21-63(22-18-61)42(67)27-60-15-19-62(20-16-60)40-9-6-32(24-38(40)53)56-39-8-10-41(66)57-48(39)68/h5-7,9,23-26,39,56,65,69H,3-4,8,10-22,27-30H2,1-2H3,(H,57,66,68)/t39?,50-/m1/s1. The number of pyridine rings is 1. The first-order valence-corrected chi connectivity index (χ1v) is 24.4. The lowest BCUT2D eigenvalue weighted by atomic mass is 9.94. The Bertz CT molecular complexity index is 2850. The summed E-state index contributed by atoms with van der Waals surface area (Å²) in [5.41, 5.74) is 0.264. The van der Waals surface area contributed by atoms with Crippen molar-refractivity contribution in [2.45, 2.75) is 70.4 Å². The van der Waals surface area contributed by atoms with Crippen molar-refractivity contribution in [2.24, 2.45) is 5.41 Å². The molecule has 0 bridgehead atoms. The van der Waals surface area contributed by atoms with Crippen molar-refractivity contribution in [2.75, 3.05) is 100 Å². The Labute approximate surface area is 403 Å². The van der Waals surface area contributed by atoms with Gasteiger partial charge in [-0.25, -0.2) is 13.2 Å². The van der Waals surface area contributed by atoms with E-state index in [0.717, 1.165) is 19.4 Å². The fraction of sp³-hybridized carbons (Fsp3) is 0.490. The summed E-state index contributed by atoms with van der Waals surface area (Å²) < 4.78 is 53.9. The Balaban J connectivity index is 0.764. The lowest BCUT2D eigenvalue weighted by Gasteiger charge is -2.39. The van der Waals surface area contributed by atoms with Crippen molar-refractivity contribution in [3.63, 3.8) is 0 Å². The van der Waals surface area contributed by atoms with Crippen molar-refractivity contribution >= 4 is 56.6 Å². The van der Waals surface area contributed by atoms with E-state index in [2.05, 4.69) is 30.4 Å². The number of aryl methyl sites for hydroxylation is 1. The number of rotatable bonds is 13. The highest BCUT2D eigenvalue weighted by molar-refractivity contribution is 6.02. The molecule has 0 radical (unpaired) electrons. The third-order valence-corrected chi connectivity index (χ3v) is 14.7. The van der Waals surface area contributed by atoms with Gasteiger partial charge in [0.15, 0.2) is 5.82 Å². The molecular formula is C51H59F3N10O6. The Hall–Kier alpha value is -6.31. The number of hydrogen-bond acceptors (Lipinski definition) is 14. The molecular weight excluding hydrogens is 906 g/mol. The van der Waals surface area contributed by atoms with Gasteiger partial charge < -0.3 is 35.0 Å². The van der Waals surface area contributed by atoms with E-state index in [1.807, 2.05) is 21.6 Å². The fourth-order valence-electron chi connectivity index (χ4n) is 10.6. The van der Waals surface area contributed by atoms with E-state index in [1.165, 1.54) is 30.5 Å². The van der Waals surface area contributed by atoms with Gasteiger partial charge >= 0.3 is 6.01 Å². The highest BCUT2D eigenvalue weighted by atomic mass is 19.1. The van der Waals surface area contributed by atoms with Crippen LogP contribution in [0.2, 0.25) is 0 Å². The second-order valence-corrected chi connectivity index (χ2v) is 20.0. The van der Waals surface area contributed by atoms with Gasteiger partial charge in [-0.05, 0) is 98.2 Å². The van der Waals surface area contributed by atoms with Crippen molar-refractivity contribution < 1.29 is 42.5 Å². The molecule has 6 heterocycles. The van der Waals surface area contributed by atoms with Crippen LogP contribution in [0, 0.1) is 22.9 Å². The summed E-state index contributed by atoms with van der Waals surface area (Å²) in [4.78, 5) is 61.4. The molecule has 3 aromatic carbocycles. The molecule has 70 heavy (non-hydrogen) atoms. The van der Waals surface area contributed by atoms with Gasteiger partial charge in [0.25, 0.3) is 0 Å². The van der Waals surface area contributed by atoms with Crippen LogP contribution < -0.4 is 25.2 Å². The van der Waals surface area contributed by atoms with E-state index in [-0.39, 0.29) is 65.3 Å². The predicted octanol–water partition coefficient (Wildman–Crippen LogP) is 5.22. The number of nitrogens with zero attached hydrogens (tertiary/aromatic N) is 8. The molecule has 5 aromatic rings. The van der Waals surface area contributed by atoms with E-state index in [0.29, 0.717) is 130 Å². The Morgan fingerprint density at radius 1 is 0.914 bits per heavy atom.